The van der Waals surface area contributed by atoms with Crippen molar-refractivity contribution in [1.82, 2.24) is 15.1 Å². The fourth-order valence-electron chi connectivity index (χ4n) is 2.53. The summed E-state index contributed by atoms with van der Waals surface area (Å²) in [6.07, 6.45) is 2.47. The number of nitrogens with one attached hydrogen (secondary N) is 1. The Morgan fingerprint density at radius 1 is 1.39 bits per heavy atom. The Hall–Kier alpha value is -1.72. The number of amides is 1. The van der Waals surface area contributed by atoms with Crippen LogP contribution in [0, 0.1) is 0 Å². The molecule has 2 aromatic rings. The van der Waals surface area contributed by atoms with Crippen molar-refractivity contribution < 1.29 is 9.53 Å². The van der Waals surface area contributed by atoms with Crippen molar-refractivity contribution in [2.24, 2.45) is 0 Å². The molecule has 23 heavy (non-hydrogen) atoms. The van der Waals surface area contributed by atoms with E-state index in [-0.39, 0.29) is 18.0 Å². The van der Waals surface area contributed by atoms with E-state index in [9.17, 15) is 4.79 Å². The van der Waals surface area contributed by atoms with Gasteiger partial charge in [-0.3, -0.25) is 9.48 Å². The number of hydrogen-bond acceptors (Lipinski definition) is 3. The molecule has 1 aliphatic rings. The topological polar surface area (TPSA) is 56.2 Å². The van der Waals surface area contributed by atoms with Gasteiger partial charge in [0.15, 0.2) is 0 Å². The van der Waals surface area contributed by atoms with Gasteiger partial charge < -0.3 is 10.1 Å². The van der Waals surface area contributed by atoms with Crippen molar-refractivity contribution in [2.45, 2.75) is 32.4 Å². The van der Waals surface area contributed by atoms with Gasteiger partial charge >= 0.3 is 0 Å². The minimum Gasteiger partial charge on any atom is -0.492 e. The monoisotopic (exact) mass is 353 g/mol. The molecule has 0 radical (unpaired) electrons. The molecule has 1 amide bonds. The van der Waals surface area contributed by atoms with Crippen LogP contribution in [0.1, 0.15) is 48.4 Å². The summed E-state index contributed by atoms with van der Waals surface area (Å²) in [5.74, 6) is 0.330. The largest absolute Gasteiger partial charge is 0.492 e. The number of carbonyl (C=O) groups is 1. The van der Waals surface area contributed by atoms with Crippen LogP contribution in [0.3, 0.4) is 0 Å². The number of aromatic nitrogens is 2. The van der Waals surface area contributed by atoms with Crippen LogP contribution >= 0.6 is 23.2 Å². The third-order valence-corrected chi connectivity index (χ3v) is 4.57. The second-order valence-corrected chi connectivity index (χ2v) is 6.50. The summed E-state index contributed by atoms with van der Waals surface area (Å²) < 4.78 is 7.35. The van der Waals surface area contributed by atoms with E-state index in [2.05, 4.69) is 10.4 Å². The molecule has 5 nitrogen and oxygen atoms in total. The van der Waals surface area contributed by atoms with Crippen LogP contribution in [0.15, 0.2) is 24.4 Å². The number of ether oxygens (including phenoxy) is 1. The number of hydrogen-bond donors (Lipinski definition) is 1. The molecule has 0 aliphatic carbocycles. The molecule has 1 aliphatic heterocycles. The van der Waals surface area contributed by atoms with Crippen molar-refractivity contribution in [3.05, 3.63) is 45.7 Å². The van der Waals surface area contributed by atoms with Crippen molar-refractivity contribution in [1.29, 1.82) is 0 Å². The Labute approximate surface area is 144 Å². The fourth-order valence-corrected chi connectivity index (χ4v) is 2.91. The first kappa shape index (κ1) is 16.1. The van der Waals surface area contributed by atoms with Crippen LogP contribution in [-0.2, 0) is 0 Å². The lowest BCUT2D eigenvalue weighted by Crippen LogP contribution is -2.32. The molecule has 3 rings (SSSR count). The molecule has 7 heteroatoms. The van der Waals surface area contributed by atoms with E-state index >= 15 is 0 Å². The van der Waals surface area contributed by atoms with Crippen molar-refractivity contribution in [3.8, 4) is 5.75 Å². The van der Waals surface area contributed by atoms with Gasteiger partial charge in [0.25, 0.3) is 5.91 Å². The van der Waals surface area contributed by atoms with E-state index in [0.29, 0.717) is 34.5 Å². The van der Waals surface area contributed by atoms with E-state index in [1.807, 2.05) is 19.9 Å². The summed E-state index contributed by atoms with van der Waals surface area (Å²) in [6.45, 7) is 4.49. The van der Waals surface area contributed by atoms with Crippen molar-refractivity contribution in [2.75, 3.05) is 6.61 Å². The van der Waals surface area contributed by atoms with Gasteiger partial charge in [-0.25, -0.2) is 0 Å². The summed E-state index contributed by atoms with van der Waals surface area (Å²) in [7, 11) is 0. The molecule has 0 spiro atoms. The molecule has 0 saturated carbocycles. The minimum absolute atomic E-state index is 0.176. The number of benzene rings is 1. The molecule has 2 heterocycles. The zero-order chi connectivity index (χ0) is 16.6. The van der Waals surface area contributed by atoms with E-state index in [4.69, 9.17) is 27.9 Å². The Bertz CT molecular complexity index is 743. The fraction of sp³-hybridized carbons (Fsp3) is 0.375. The standard InChI is InChI=1S/C16H17Cl2N3O2/c1-9(2)21-7-5-13(20-21)16(22)19-12-6-8-23-15-10(12)3-4-11(17)14(15)18/h3-5,7,9,12H,6,8H2,1-2H3,(H,19,22)/t12-/m0/s1. The number of nitrogens with zero attached hydrogens (tertiary/aromatic N) is 2. The SMILES string of the molecule is CC(C)n1ccc(C(=O)N[C@H]2CCOc3c2ccc(Cl)c3Cl)n1. The maximum Gasteiger partial charge on any atom is 0.272 e. The lowest BCUT2D eigenvalue weighted by atomic mass is 10.0. The molecule has 0 bridgehead atoms. The average Bonchev–Trinajstić information content (AvgIpc) is 3.02. The van der Waals surface area contributed by atoms with E-state index < -0.39 is 0 Å². The highest BCUT2D eigenvalue weighted by molar-refractivity contribution is 6.43. The summed E-state index contributed by atoms with van der Waals surface area (Å²) in [5, 5.41) is 8.10. The van der Waals surface area contributed by atoms with Crippen molar-refractivity contribution in [3.63, 3.8) is 0 Å². The molecule has 1 aromatic carbocycles. The van der Waals surface area contributed by atoms with Gasteiger partial charge in [0.2, 0.25) is 0 Å². The predicted octanol–water partition coefficient (Wildman–Crippen LogP) is 4.02. The maximum absolute atomic E-state index is 12.4. The Kier molecular flexibility index (Phi) is 4.50. The van der Waals surface area contributed by atoms with E-state index in [1.54, 1.807) is 23.0 Å². The van der Waals surface area contributed by atoms with E-state index in [1.165, 1.54) is 0 Å². The molecule has 1 aromatic heterocycles. The van der Waals surface area contributed by atoms with Crippen LogP contribution < -0.4 is 10.1 Å². The highest BCUT2D eigenvalue weighted by Crippen LogP contribution is 2.41. The summed E-state index contributed by atoms with van der Waals surface area (Å²) in [6, 6.07) is 5.29. The third kappa shape index (κ3) is 3.16. The Morgan fingerprint density at radius 3 is 2.87 bits per heavy atom. The molecule has 122 valence electrons. The molecular formula is C16H17Cl2N3O2. The molecule has 0 fully saturated rings. The summed E-state index contributed by atoms with van der Waals surface area (Å²) in [5.41, 5.74) is 1.23. The van der Waals surface area contributed by atoms with Crippen LogP contribution in [0.2, 0.25) is 10.0 Å². The van der Waals surface area contributed by atoms with Gasteiger partial charge in [-0.15, -0.1) is 0 Å². The first-order chi connectivity index (χ1) is 11.0. The van der Waals surface area contributed by atoms with Gasteiger partial charge in [-0.1, -0.05) is 29.3 Å². The number of halogens is 2. The molecule has 1 atom stereocenters. The molecule has 0 saturated heterocycles. The van der Waals surface area contributed by atoms with Gasteiger partial charge in [-0.2, -0.15) is 5.10 Å². The van der Waals surface area contributed by atoms with E-state index in [0.717, 1.165) is 5.56 Å². The molecule has 0 unspecified atom stereocenters. The van der Waals surface area contributed by atoms with Crippen LogP contribution in [0.4, 0.5) is 0 Å². The summed E-state index contributed by atoms with van der Waals surface area (Å²) >= 11 is 12.2. The highest BCUT2D eigenvalue weighted by Gasteiger charge is 2.26. The van der Waals surface area contributed by atoms with Crippen LogP contribution in [0.25, 0.3) is 0 Å². The maximum atomic E-state index is 12.4. The minimum atomic E-state index is -0.215. The zero-order valence-electron chi connectivity index (χ0n) is 12.8. The number of rotatable bonds is 3. The number of carbonyl (C=O) groups excluding carboxylic acids is 1. The second kappa shape index (κ2) is 6.42. The quantitative estimate of drug-likeness (QED) is 0.906. The van der Waals surface area contributed by atoms with Gasteiger partial charge in [0, 0.05) is 24.2 Å². The van der Waals surface area contributed by atoms with Gasteiger partial charge in [0.05, 0.1) is 17.7 Å². The smallest absolute Gasteiger partial charge is 0.272 e. The summed E-state index contributed by atoms with van der Waals surface area (Å²) in [4.78, 5) is 12.4. The average molecular weight is 354 g/mol. The normalized spacial score (nSPS) is 16.8. The second-order valence-electron chi connectivity index (χ2n) is 5.72. The van der Waals surface area contributed by atoms with Crippen LogP contribution in [-0.4, -0.2) is 22.3 Å². The Balaban J connectivity index is 1.81. The Morgan fingerprint density at radius 2 is 2.17 bits per heavy atom. The lowest BCUT2D eigenvalue weighted by Gasteiger charge is -2.27. The predicted molar refractivity (Wildman–Crippen MR) is 89.4 cm³/mol. The molecular weight excluding hydrogens is 337 g/mol. The van der Waals surface area contributed by atoms with Gasteiger partial charge in [0.1, 0.15) is 16.5 Å². The first-order valence-corrected chi connectivity index (χ1v) is 8.19. The first-order valence-electron chi connectivity index (χ1n) is 7.44. The third-order valence-electron chi connectivity index (χ3n) is 3.78. The number of fused-ring (bicyclic) bond motifs is 1. The van der Waals surface area contributed by atoms with Crippen LogP contribution in [0.5, 0.6) is 5.75 Å². The lowest BCUT2D eigenvalue weighted by molar-refractivity contribution is 0.0918. The molecule has 1 N–H and O–H groups in total. The van der Waals surface area contributed by atoms with Gasteiger partial charge in [-0.05, 0) is 26.0 Å². The highest BCUT2D eigenvalue weighted by atomic mass is 35.5. The zero-order valence-corrected chi connectivity index (χ0v) is 14.4. The van der Waals surface area contributed by atoms with Crippen molar-refractivity contribution >= 4 is 29.1 Å².